The summed E-state index contributed by atoms with van der Waals surface area (Å²) in [4.78, 5) is 8.42. The van der Waals surface area contributed by atoms with E-state index in [4.69, 9.17) is 16.3 Å². The molecule has 0 aliphatic carbocycles. The summed E-state index contributed by atoms with van der Waals surface area (Å²) in [5.41, 5.74) is 1.70. The van der Waals surface area contributed by atoms with E-state index in [0.717, 1.165) is 42.8 Å². The molecule has 1 aliphatic rings. The van der Waals surface area contributed by atoms with Crippen LogP contribution in [0.25, 0.3) is 11.0 Å². The van der Waals surface area contributed by atoms with Crippen LogP contribution in [0.5, 0.6) is 0 Å². The van der Waals surface area contributed by atoms with Gasteiger partial charge < -0.3 is 4.74 Å². The lowest BCUT2D eigenvalue weighted by Gasteiger charge is -2.22. The molecule has 1 aliphatic heterocycles. The SMILES string of the molecule is Cc1nc(Cl)nc2c1cnn2C1CCOCC1. The Kier molecular flexibility index (Phi) is 2.72. The molecule has 2 aromatic rings. The Morgan fingerprint density at radius 1 is 1.35 bits per heavy atom. The Bertz CT molecular complexity index is 548. The fourth-order valence-electron chi connectivity index (χ4n) is 2.23. The van der Waals surface area contributed by atoms with E-state index in [9.17, 15) is 0 Å². The predicted octanol–water partition coefficient (Wildman–Crippen LogP) is 2.14. The zero-order valence-corrected chi connectivity index (χ0v) is 10.3. The summed E-state index contributed by atoms with van der Waals surface area (Å²) in [7, 11) is 0. The van der Waals surface area contributed by atoms with E-state index >= 15 is 0 Å². The van der Waals surface area contributed by atoms with E-state index in [2.05, 4.69) is 15.1 Å². The standard InChI is InChI=1S/C11H13ClN4O/c1-7-9-6-13-16(8-2-4-17-5-3-8)10(9)15-11(12)14-7/h6,8H,2-5H2,1H3. The van der Waals surface area contributed by atoms with Crippen LogP contribution in [0.3, 0.4) is 0 Å². The Morgan fingerprint density at radius 3 is 2.88 bits per heavy atom. The van der Waals surface area contributed by atoms with Crippen LogP contribution < -0.4 is 0 Å². The van der Waals surface area contributed by atoms with E-state index < -0.39 is 0 Å². The number of hydrogen-bond acceptors (Lipinski definition) is 4. The number of aromatic nitrogens is 4. The van der Waals surface area contributed by atoms with Crippen LogP contribution in [-0.4, -0.2) is 33.0 Å². The van der Waals surface area contributed by atoms with Gasteiger partial charge in [0.25, 0.3) is 0 Å². The van der Waals surface area contributed by atoms with Crippen LogP contribution in [0.4, 0.5) is 0 Å². The lowest BCUT2D eigenvalue weighted by atomic mass is 10.1. The largest absolute Gasteiger partial charge is 0.381 e. The number of rotatable bonds is 1. The van der Waals surface area contributed by atoms with Crippen LogP contribution in [0.2, 0.25) is 5.28 Å². The first kappa shape index (κ1) is 10.9. The van der Waals surface area contributed by atoms with Gasteiger partial charge in [-0.2, -0.15) is 10.1 Å². The van der Waals surface area contributed by atoms with Crippen LogP contribution in [0, 0.1) is 6.92 Å². The van der Waals surface area contributed by atoms with Gasteiger partial charge in [0.1, 0.15) is 0 Å². The molecule has 5 nitrogen and oxygen atoms in total. The lowest BCUT2D eigenvalue weighted by molar-refractivity contribution is 0.0673. The van der Waals surface area contributed by atoms with Crippen LogP contribution in [-0.2, 0) is 4.74 Å². The molecule has 0 atom stereocenters. The van der Waals surface area contributed by atoms with Gasteiger partial charge in [-0.1, -0.05) is 0 Å². The van der Waals surface area contributed by atoms with Gasteiger partial charge in [-0.05, 0) is 31.4 Å². The number of fused-ring (bicyclic) bond motifs is 1. The normalized spacial score (nSPS) is 17.8. The number of aryl methyl sites for hydroxylation is 1. The summed E-state index contributed by atoms with van der Waals surface area (Å²) in [6.07, 6.45) is 3.76. The van der Waals surface area contributed by atoms with Gasteiger partial charge in [-0.3, -0.25) is 0 Å². The first-order valence-electron chi connectivity index (χ1n) is 5.71. The molecule has 0 saturated carbocycles. The van der Waals surface area contributed by atoms with Gasteiger partial charge in [0.15, 0.2) is 5.65 Å². The summed E-state index contributed by atoms with van der Waals surface area (Å²) >= 11 is 5.90. The van der Waals surface area contributed by atoms with Gasteiger partial charge in [0, 0.05) is 13.2 Å². The third kappa shape index (κ3) is 1.89. The van der Waals surface area contributed by atoms with E-state index in [1.54, 1.807) is 0 Å². The maximum atomic E-state index is 5.90. The van der Waals surface area contributed by atoms with Crippen LogP contribution in [0.1, 0.15) is 24.6 Å². The van der Waals surface area contributed by atoms with E-state index in [1.807, 2.05) is 17.8 Å². The molecule has 90 valence electrons. The average molecular weight is 253 g/mol. The first-order chi connectivity index (χ1) is 8.25. The molecular formula is C11H13ClN4O. The van der Waals surface area contributed by atoms with Crippen molar-refractivity contribution in [3.8, 4) is 0 Å². The van der Waals surface area contributed by atoms with E-state index in [1.165, 1.54) is 0 Å². The number of halogens is 1. The highest BCUT2D eigenvalue weighted by Crippen LogP contribution is 2.25. The second kappa shape index (κ2) is 4.23. The number of hydrogen-bond donors (Lipinski definition) is 0. The quantitative estimate of drug-likeness (QED) is 0.730. The lowest BCUT2D eigenvalue weighted by Crippen LogP contribution is -2.20. The molecule has 0 unspecified atom stereocenters. The van der Waals surface area contributed by atoms with Crippen molar-refractivity contribution in [2.24, 2.45) is 0 Å². The fourth-order valence-corrected chi connectivity index (χ4v) is 2.44. The molecule has 0 aromatic carbocycles. The van der Waals surface area contributed by atoms with Crippen molar-refractivity contribution in [2.45, 2.75) is 25.8 Å². The van der Waals surface area contributed by atoms with Crippen molar-refractivity contribution in [2.75, 3.05) is 13.2 Å². The molecule has 0 amide bonds. The summed E-state index contributed by atoms with van der Waals surface area (Å²) in [5, 5.41) is 5.68. The molecule has 0 N–H and O–H groups in total. The molecule has 2 aromatic heterocycles. The highest BCUT2D eigenvalue weighted by Gasteiger charge is 2.20. The highest BCUT2D eigenvalue weighted by atomic mass is 35.5. The third-order valence-corrected chi connectivity index (χ3v) is 3.32. The molecule has 3 heterocycles. The zero-order valence-electron chi connectivity index (χ0n) is 9.56. The van der Waals surface area contributed by atoms with Gasteiger partial charge >= 0.3 is 0 Å². The fraction of sp³-hybridized carbons (Fsp3) is 0.545. The second-order valence-electron chi connectivity index (χ2n) is 4.25. The van der Waals surface area contributed by atoms with Crippen LogP contribution in [0.15, 0.2) is 6.20 Å². The van der Waals surface area contributed by atoms with E-state index in [-0.39, 0.29) is 5.28 Å². The smallest absolute Gasteiger partial charge is 0.224 e. The zero-order chi connectivity index (χ0) is 11.8. The van der Waals surface area contributed by atoms with Crippen molar-refractivity contribution in [3.63, 3.8) is 0 Å². The van der Waals surface area contributed by atoms with Crippen LogP contribution >= 0.6 is 11.6 Å². The summed E-state index contributed by atoms with van der Waals surface area (Å²) < 4.78 is 7.31. The van der Waals surface area contributed by atoms with Gasteiger partial charge in [0.2, 0.25) is 5.28 Å². The minimum atomic E-state index is 0.281. The molecule has 3 rings (SSSR count). The molecule has 0 spiro atoms. The van der Waals surface area contributed by atoms with Crippen molar-refractivity contribution in [1.29, 1.82) is 0 Å². The topological polar surface area (TPSA) is 52.8 Å². The second-order valence-corrected chi connectivity index (χ2v) is 4.59. The highest BCUT2D eigenvalue weighted by molar-refractivity contribution is 6.28. The Morgan fingerprint density at radius 2 is 2.12 bits per heavy atom. The molecule has 1 fully saturated rings. The van der Waals surface area contributed by atoms with Crippen molar-refractivity contribution < 1.29 is 4.74 Å². The minimum absolute atomic E-state index is 0.281. The monoisotopic (exact) mass is 252 g/mol. The van der Waals surface area contributed by atoms with Crippen molar-refractivity contribution in [1.82, 2.24) is 19.7 Å². The summed E-state index contributed by atoms with van der Waals surface area (Å²) in [5.74, 6) is 0. The first-order valence-corrected chi connectivity index (χ1v) is 6.08. The molecule has 0 bridgehead atoms. The minimum Gasteiger partial charge on any atom is -0.381 e. The van der Waals surface area contributed by atoms with Crippen molar-refractivity contribution >= 4 is 22.6 Å². The van der Waals surface area contributed by atoms with Gasteiger partial charge in [-0.15, -0.1) is 0 Å². The Hall–Kier alpha value is -1.20. The maximum absolute atomic E-state index is 5.90. The maximum Gasteiger partial charge on any atom is 0.224 e. The number of nitrogens with zero attached hydrogens (tertiary/aromatic N) is 4. The average Bonchev–Trinajstić information content (AvgIpc) is 2.74. The third-order valence-electron chi connectivity index (χ3n) is 3.15. The molecule has 1 saturated heterocycles. The molecule has 6 heteroatoms. The predicted molar refractivity (Wildman–Crippen MR) is 64.2 cm³/mol. The van der Waals surface area contributed by atoms with Crippen molar-refractivity contribution in [3.05, 3.63) is 17.2 Å². The van der Waals surface area contributed by atoms with E-state index in [0.29, 0.717) is 6.04 Å². The molecular weight excluding hydrogens is 240 g/mol. The molecule has 17 heavy (non-hydrogen) atoms. The summed E-state index contributed by atoms with van der Waals surface area (Å²) in [6.45, 7) is 3.49. The Balaban J connectivity index is 2.10. The Labute approximate surface area is 104 Å². The van der Waals surface area contributed by atoms with Gasteiger partial charge in [0.05, 0.1) is 23.3 Å². The molecule has 0 radical (unpaired) electrons. The summed E-state index contributed by atoms with van der Waals surface area (Å²) in [6, 6.07) is 0.353. The van der Waals surface area contributed by atoms with Gasteiger partial charge in [-0.25, -0.2) is 9.67 Å². The number of ether oxygens (including phenoxy) is 1.